The molecule has 0 radical (unpaired) electrons. The molecule has 7 heteroatoms. The van der Waals surface area contributed by atoms with Gasteiger partial charge in [0.1, 0.15) is 4.90 Å². The molecule has 0 spiro atoms. The third-order valence-electron chi connectivity index (χ3n) is 2.96. The maximum atomic E-state index is 13.7. The van der Waals surface area contributed by atoms with Gasteiger partial charge in [-0.15, -0.1) is 0 Å². The molecule has 0 bridgehead atoms. The smallest absolute Gasteiger partial charge is 0.246 e. The summed E-state index contributed by atoms with van der Waals surface area (Å²) in [6, 6.07) is 3.90. The maximum Gasteiger partial charge on any atom is 0.246 e. The molecule has 0 atom stereocenters. The van der Waals surface area contributed by atoms with Crippen molar-refractivity contribution < 1.29 is 17.9 Å². The van der Waals surface area contributed by atoms with E-state index < -0.39 is 26.8 Å². The zero-order chi connectivity index (χ0) is 13.3. The number of piperidine rings is 1. The van der Waals surface area contributed by atoms with Gasteiger partial charge in [0, 0.05) is 13.1 Å². The van der Waals surface area contributed by atoms with Crippen LogP contribution in [-0.4, -0.2) is 37.0 Å². The summed E-state index contributed by atoms with van der Waals surface area (Å²) < 4.78 is 39.3. The largest absolute Gasteiger partial charge is 0.393 e. The van der Waals surface area contributed by atoms with Crippen molar-refractivity contribution in [2.24, 2.45) is 0 Å². The minimum atomic E-state index is -3.88. The Hall–Kier alpha value is -0.690. The number of halogens is 2. The first kappa shape index (κ1) is 13.7. The standard InChI is InChI=1S/C11H13ClFNO3S/c12-9-2-1-3-10(11(9)13)18(16,17)14-6-4-8(15)5-7-14/h1-3,8,15H,4-7H2. The molecule has 2 rings (SSSR count). The molecule has 0 aromatic heterocycles. The van der Waals surface area contributed by atoms with Crippen LogP contribution in [0, 0.1) is 5.82 Å². The van der Waals surface area contributed by atoms with E-state index in [9.17, 15) is 17.9 Å². The van der Waals surface area contributed by atoms with Crippen LogP contribution < -0.4 is 0 Å². The lowest BCUT2D eigenvalue weighted by Gasteiger charge is -2.28. The van der Waals surface area contributed by atoms with Crippen molar-refractivity contribution in [1.82, 2.24) is 4.31 Å². The number of aliphatic hydroxyl groups excluding tert-OH is 1. The van der Waals surface area contributed by atoms with E-state index in [0.29, 0.717) is 12.8 Å². The molecule has 4 nitrogen and oxygen atoms in total. The predicted octanol–water partition coefficient (Wildman–Crippen LogP) is 1.62. The lowest BCUT2D eigenvalue weighted by molar-refractivity contribution is 0.113. The molecule has 1 aliphatic heterocycles. The van der Waals surface area contributed by atoms with Crippen molar-refractivity contribution >= 4 is 21.6 Å². The molecule has 1 aliphatic rings. The maximum absolute atomic E-state index is 13.7. The second-order valence-electron chi connectivity index (χ2n) is 4.19. The first-order valence-electron chi connectivity index (χ1n) is 5.55. The second kappa shape index (κ2) is 5.13. The van der Waals surface area contributed by atoms with Gasteiger partial charge >= 0.3 is 0 Å². The van der Waals surface area contributed by atoms with E-state index in [4.69, 9.17) is 11.6 Å². The van der Waals surface area contributed by atoms with Gasteiger partial charge in [-0.1, -0.05) is 17.7 Å². The SMILES string of the molecule is O=S(=O)(c1cccc(Cl)c1F)N1CCC(O)CC1. The molecular weight excluding hydrogens is 281 g/mol. The first-order chi connectivity index (χ1) is 8.43. The Morgan fingerprint density at radius 1 is 1.33 bits per heavy atom. The summed E-state index contributed by atoms with van der Waals surface area (Å²) in [5.41, 5.74) is 0. The normalized spacial score (nSPS) is 19.1. The van der Waals surface area contributed by atoms with Gasteiger partial charge in [0.05, 0.1) is 11.1 Å². The van der Waals surface area contributed by atoms with E-state index in [2.05, 4.69) is 0 Å². The first-order valence-corrected chi connectivity index (χ1v) is 7.37. The second-order valence-corrected chi connectivity index (χ2v) is 6.50. The minimum Gasteiger partial charge on any atom is -0.393 e. The van der Waals surface area contributed by atoms with E-state index in [1.807, 2.05) is 0 Å². The highest BCUT2D eigenvalue weighted by molar-refractivity contribution is 7.89. The number of sulfonamides is 1. The molecule has 1 aromatic rings. The summed E-state index contributed by atoms with van der Waals surface area (Å²) in [5.74, 6) is -0.926. The molecule has 1 N–H and O–H groups in total. The Morgan fingerprint density at radius 2 is 1.94 bits per heavy atom. The fourth-order valence-corrected chi connectivity index (χ4v) is 3.69. The molecule has 1 saturated heterocycles. The summed E-state index contributed by atoms with van der Waals surface area (Å²) in [5, 5.41) is 9.13. The Bertz CT molecular complexity index is 541. The van der Waals surface area contributed by atoms with Gasteiger partial charge in [0.15, 0.2) is 5.82 Å². The van der Waals surface area contributed by atoms with Gasteiger partial charge < -0.3 is 5.11 Å². The van der Waals surface area contributed by atoms with Crippen molar-refractivity contribution in [3.63, 3.8) is 0 Å². The van der Waals surface area contributed by atoms with Crippen molar-refractivity contribution in [3.8, 4) is 0 Å². The van der Waals surface area contributed by atoms with Gasteiger partial charge in [-0.2, -0.15) is 4.31 Å². The molecule has 0 amide bonds. The lowest BCUT2D eigenvalue weighted by Crippen LogP contribution is -2.40. The molecule has 1 aromatic carbocycles. The Labute approximate surface area is 110 Å². The number of hydrogen-bond acceptors (Lipinski definition) is 3. The van der Waals surface area contributed by atoms with Gasteiger partial charge in [0.2, 0.25) is 10.0 Å². The molecular formula is C11H13ClFNO3S. The van der Waals surface area contributed by atoms with Crippen LogP contribution in [0.5, 0.6) is 0 Å². The monoisotopic (exact) mass is 293 g/mol. The summed E-state index contributed by atoms with van der Waals surface area (Å²) in [7, 11) is -3.88. The van der Waals surface area contributed by atoms with Crippen molar-refractivity contribution in [2.75, 3.05) is 13.1 Å². The number of aliphatic hydroxyl groups is 1. The third-order valence-corrected chi connectivity index (χ3v) is 5.17. The molecule has 0 aliphatic carbocycles. The zero-order valence-corrected chi connectivity index (χ0v) is 11.1. The van der Waals surface area contributed by atoms with E-state index in [1.165, 1.54) is 22.5 Å². The molecule has 18 heavy (non-hydrogen) atoms. The van der Waals surface area contributed by atoms with E-state index in [1.54, 1.807) is 0 Å². The van der Waals surface area contributed by atoms with Gasteiger partial charge in [-0.25, -0.2) is 12.8 Å². The van der Waals surface area contributed by atoms with Gasteiger partial charge in [-0.3, -0.25) is 0 Å². The fraction of sp³-hybridized carbons (Fsp3) is 0.455. The minimum absolute atomic E-state index is 0.190. The lowest BCUT2D eigenvalue weighted by atomic mass is 10.1. The average Bonchev–Trinajstić information content (AvgIpc) is 2.33. The summed E-state index contributed by atoms with van der Waals surface area (Å²) in [6.07, 6.45) is 0.240. The molecule has 100 valence electrons. The van der Waals surface area contributed by atoms with E-state index in [-0.39, 0.29) is 18.1 Å². The van der Waals surface area contributed by atoms with Gasteiger partial charge in [-0.05, 0) is 25.0 Å². The van der Waals surface area contributed by atoms with Crippen molar-refractivity contribution in [1.29, 1.82) is 0 Å². The zero-order valence-electron chi connectivity index (χ0n) is 9.51. The highest BCUT2D eigenvalue weighted by atomic mass is 35.5. The molecule has 1 fully saturated rings. The highest BCUT2D eigenvalue weighted by Crippen LogP contribution is 2.26. The summed E-state index contributed by atoms with van der Waals surface area (Å²) >= 11 is 5.58. The number of rotatable bonds is 2. The average molecular weight is 294 g/mol. The van der Waals surface area contributed by atoms with Crippen LogP contribution in [0.2, 0.25) is 5.02 Å². The van der Waals surface area contributed by atoms with Crippen LogP contribution >= 0.6 is 11.6 Å². The van der Waals surface area contributed by atoms with E-state index in [0.717, 1.165) is 0 Å². The van der Waals surface area contributed by atoms with Crippen LogP contribution in [0.15, 0.2) is 23.1 Å². The van der Waals surface area contributed by atoms with Crippen molar-refractivity contribution in [3.05, 3.63) is 29.0 Å². The van der Waals surface area contributed by atoms with Crippen molar-refractivity contribution in [2.45, 2.75) is 23.8 Å². The van der Waals surface area contributed by atoms with Crippen LogP contribution in [0.3, 0.4) is 0 Å². The summed E-state index contributed by atoms with van der Waals surface area (Å²) in [6.45, 7) is 0.380. The van der Waals surface area contributed by atoms with Crippen LogP contribution in [0.4, 0.5) is 4.39 Å². The molecule has 1 heterocycles. The van der Waals surface area contributed by atoms with Crippen LogP contribution in [-0.2, 0) is 10.0 Å². The van der Waals surface area contributed by atoms with Crippen LogP contribution in [0.1, 0.15) is 12.8 Å². The predicted molar refractivity (Wildman–Crippen MR) is 65.4 cm³/mol. The Morgan fingerprint density at radius 3 is 2.56 bits per heavy atom. The Kier molecular flexibility index (Phi) is 3.91. The molecule has 0 saturated carbocycles. The van der Waals surface area contributed by atoms with Gasteiger partial charge in [0.25, 0.3) is 0 Å². The fourth-order valence-electron chi connectivity index (χ4n) is 1.90. The highest BCUT2D eigenvalue weighted by Gasteiger charge is 2.31. The number of hydrogen-bond donors (Lipinski definition) is 1. The van der Waals surface area contributed by atoms with E-state index >= 15 is 0 Å². The quantitative estimate of drug-likeness (QED) is 0.901. The Balaban J connectivity index is 2.34. The van der Waals surface area contributed by atoms with Crippen LogP contribution in [0.25, 0.3) is 0 Å². The summed E-state index contributed by atoms with van der Waals surface area (Å²) in [4.78, 5) is -0.411. The topological polar surface area (TPSA) is 57.6 Å². The molecule has 0 unspecified atom stereocenters. The number of benzene rings is 1. The third kappa shape index (κ3) is 2.51. The number of nitrogens with zero attached hydrogens (tertiary/aromatic N) is 1.